The van der Waals surface area contributed by atoms with Crippen LogP contribution in [0.1, 0.15) is 0 Å². The van der Waals surface area contributed by atoms with Crippen LogP contribution in [0.3, 0.4) is 0 Å². The van der Waals surface area contributed by atoms with Crippen LogP contribution in [-0.2, 0) is 0 Å². The van der Waals surface area contributed by atoms with Gasteiger partial charge in [-0.2, -0.15) is 0 Å². The second kappa shape index (κ2) is 14.3. The molecule has 10 aromatic carbocycles. The first-order chi connectivity index (χ1) is 30.2. The summed E-state index contributed by atoms with van der Waals surface area (Å²) in [5, 5.41) is 8.89. The van der Waals surface area contributed by atoms with E-state index in [4.69, 9.17) is 19.4 Å². The SMILES string of the molecule is c1ccc(-c2ccc(-c3ccc(-c4nc(-c5ccc(-c6cccc7ccccc67)c6ccccc56)nc(-c5cccc6c5oc5ccccc56)n4)c4ccccc34)cc2)cc1. The van der Waals surface area contributed by atoms with Gasteiger partial charge in [-0.05, 0) is 90.0 Å². The monoisotopic (exact) mass is 777 g/mol. The topological polar surface area (TPSA) is 51.8 Å². The van der Waals surface area contributed by atoms with E-state index >= 15 is 0 Å². The fourth-order valence-corrected chi connectivity index (χ4v) is 9.07. The Hall–Kier alpha value is -8.21. The van der Waals surface area contributed by atoms with E-state index in [0.29, 0.717) is 17.5 Å². The highest BCUT2D eigenvalue weighted by molar-refractivity contribution is 6.11. The number of aromatic nitrogens is 3. The summed E-state index contributed by atoms with van der Waals surface area (Å²) in [6.45, 7) is 0. The number of nitrogens with zero attached hydrogens (tertiary/aromatic N) is 3. The molecule has 2 aromatic heterocycles. The molecule has 0 spiro atoms. The Morgan fingerprint density at radius 2 is 0.672 bits per heavy atom. The molecule has 0 bridgehead atoms. The van der Waals surface area contributed by atoms with Crippen molar-refractivity contribution in [2.75, 3.05) is 0 Å². The Kier molecular flexibility index (Phi) is 8.13. The summed E-state index contributed by atoms with van der Waals surface area (Å²) in [5.41, 5.74) is 11.3. The third kappa shape index (κ3) is 5.88. The number of hydrogen-bond donors (Lipinski definition) is 0. The van der Waals surface area contributed by atoms with Crippen LogP contribution in [0, 0.1) is 0 Å². The molecular weight excluding hydrogens is 743 g/mol. The van der Waals surface area contributed by atoms with Crippen molar-refractivity contribution in [3.63, 3.8) is 0 Å². The van der Waals surface area contributed by atoms with Crippen molar-refractivity contribution in [1.82, 2.24) is 15.0 Å². The maximum absolute atomic E-state index is 6.57. The molecule has 284 valence electrons. The zero-order chi connectivity index (χ0) is 40.3. The number of rotatable bonds is 6. The highest BCUT2D eigenvalue weighted by Crippen LogP contribution is 2.41. The van der Waals surface area contributed by atoms with E-state index in [-0.39, 0.29) is 0 Å². The van der Waals surface area contributed by atoms with Crippen LogP contribution in [0.15, 0.2) is 217 Å². The van der Waals surface area contributed by atoms with E-state index in [9.17, 15) is 0 Å². The van der Waals surface area contributed by atoms with E-state index in [1.165, 1.54) is 27.5 Å². The molecule has 0 N–H and O–H groups in total. The van der Waals surface area contributed by atoms with Crippen molar-refractivity contribution >= 4 is 54.3 Å². The fourth-order valence-electron chi connectivity index (χ4n) is 9.07. The molecule has 4 heteroatoms. The number of fused-ring (bicyclic) bond motifs is 6. The lowest BCUT2D eigenvalue weighted by molar-refractivity contribution is 0.669. The predicted molar refractivity (Wildman–Crippen MR) is 252 cm³/mol. The molecule has 0 unspecified atom stereocenters. The molecule has 0 radical (unpaired) electrons. The normalized spacial score (nSPS) is 11.6. The minimum atomic E-state index is 0.552. The largest absolute Gasteiger partial charge is 0.455 e. The van der Waals surface area contributed by atoms with Crippen LogP contribution >= 0.6 is 0 Å². The van der Waals surface area contributed by atoms with E-state index in [0.717, 1.165) is 76.9 Å². The van der Waals surface area contributed by atoms with Crippen LogP contribution in [0.25, 0.3) is 122 Å². The Labute approximate surface area is 352 Å². The van der Waals surface area contributed by atoms with Crippen LogP contribution in [0.2, 0.25) is 0 Å². The molecular formula is C57H35N3O. The molecule has 0 saturated heterocycles. The molecule has 4 nitrogen and oxygen atoms in total. The summed E-state index contributed by atoms with van der Waals surface area (Å²) in [4.78, 5) is 16.0. The number of para-hydroxylation sites is 2. The third-order valence-electron chi connectivity index (χ3n) is 12.0. The second-order valence-corrected chi connectivity index (χ2v) is 15.5. The minimum Gasteiger partial charge on any atom is -0.455 e. The standard InChI is InChI=1S/C57H35N3O/c1-2-14-36(15-3-1)37-28-30-39(31-29-37)41-32-34-50(45-21-8-6-19-42(41)45)55-58-56(60-57(59-55)52-26-13-25-49-48-23-10-11-27-53(48)61-54(49)52)51-35-33-47(44-20-7-9-22-46(44)51)43-24-12-17-38-16-4-5-18-40(38)43/h1-35H. The molecule has 61 heavy (non-hydrogen) atoms. The van der Waals surface area contributed by atoms with Gasteiger partial charge in [0.1, 0.15) is 11.2 Å². The summed E-state index contributed by atoms with van der Waals surface area (Å²) in [7, 11) is 0. The van der Waals surface area contributed by atoms with Gasteiger partial charge >= 0.3 is 0 Å². The lowest BCUT2D eigenvalue weighted by atomic mass is 9.91. The maximum atomic E-state index is 6.57. The molecule has 0 aliphatic carbocycles. The lowest BCUT2D eigenvalue weighted by Gasteiger charge is -2.15. The summed E-state index contributed by atoms with van der Waals surface area (Å²) < 4.78 is 6.57. The summed E-state index contributed by atoms with van der Waals surface area (Å²) in [6.07, 6.45) is 0. The Morgan fingerprint density at radius 1 is 0.246 bits per heavy atom. The van der Waals surface area contributed by atoms with E-state index in [1.807, 2.05) is 18.2 Å². The molecule has 0 saturated carbocycles. The fraction of sp³-hybridized carbons (Fsp3) is 0. The van der Waals surface area contributed by atoms with E-state index in [1.54, 1.807) is 0 Å². The van der Waals surface area contributed by atoms with Crippen LogP contribution in [0.4, 0.5) is 0 Å². The van der Waals surface area contributed by atoms with Gasteiger partial charge in [0.25, 0.3) is 0 Å². The van der Waals surface area contributed by atoms with Crippen molar-refractivity contribution in [1.29, 1.82) is 0 Å². The zero-order valence-corrected chi connectivity index (χ0v) is 33.0. The van der Waals surface area contributed by atoms with Gasteiger partial charge in [0.05, 0.1) is 5.56 Å². The molecule has 0 aliphatic heterocycles. The number of furan rings is 1. The van der Waals surface area contributed by atoms with Gasteiger partial charge in [-0.25, -0.2) is 15.0 Å². The highest BCUT2D eigenvalue weighted by atomic mass is 16.3. The van der Waals surface area contributed by atoms with Gasteiger partial charge < -0.3 is 4.42 Å². The van der Waals surface area contributed by atoms with Gasteiger partial charge in [0.2, 0.25) is 0 Å². The van der Waals surface area contributed by atoms with E-state index in [2.05, 4.69) is 194 Å². The Balaban J connectivity index is 1.07. The molecule has 12 rings (SSSR count). The van der Waals surface area contributed by atoms with Gasteiger partial charge in [-0.3, -0.25) is 0 Å². The lowest BCUT2D eigenvalue weighted by Crippen LogP contribution is -2.01. The Bertz CT molecular complexity index is 3640. The number of benzene rings is 10. The predicted octanol–water partition coefficient (Wildman–Crippen LogP) is 15.2. The van der Waals surface area contributed by atoms with Gasteiger partial charge in [0, 0.05) is 21.9 Å². The molecule has 12 aromatic rings. The van der Waals surface area contributed by atoms with Gasteiger partial charge in [0.15, 0.2) is 17.5 Å². The summed E-state index contributed by atoms with van der Waals surface area (Å²) in [5.74, 6) is 1.74. The molecule has 0 fully saturated rings. The Morgan fingerprint density at radius 3 is 1.38 bits per heavy atom. The first-order valence-corrected chi connectivity index (χ1v) is 20.6. The number of hydrogen-bond acceptors (Lipinski definition) is 4. The van der Waals surface area contributed by atoms with Crippen molar-refractivity contribution in [2.24, 2.45) is 0 Å². The zero-order valence-electron chi connectivity index (χ0n) is 33.0. The molecule has 2 heterocycles. The minimum absolute atomic E-state index is 0.552. The van der Waals surface area contributed by atoms with Gasteiger partial charge in [-0.1, -0.05) is 188 Å². The average Bonchev–Trinajstić information content (AvgIpc) is 3.72. The third-order valence-corrected chi connectivity index (χ3v) is 12.0. The molecule has 0 amide bonds. The first kappa shape index (κ1) is 34.8. The van der Waals surface area contributed by atoms with Crippen LogP contribution in [0.5, 0.6) is 0 Å². The van der Waals surface area contributed by atoms with Crippen LogP contribution in [-0.4, -0.2) is 15.0 Å². The average molecular weight is 778 g/mol. The van der Waals surface area contributed by atoms with Crippen molar-refractivity contribution in [3.8, 4) is 67.5 Å². The van der Waals surface area contributed by atoms with Crippen molar-refractivity contribution < 1.29 is 4.42 Å². The van der Waals surface area contributed by atoms with E-state index < -0.39 is 0 Å². The van der Waals surface area contributed by atoms with Gasteiger partial charge in [-0.15, -0.1) is 0 Å². The summed E-state index contributed by atoms with van der Waals surface area (Å²) in [6, 6.07) is 74.7. The maximum Gasteiger partial charge on any atom is 0.167 e. The van der Waals surface area contributed by atoms with Crippen molar-refractivity contribution in [3.05, 3.63) is 212 Å². The first-order valence-electron chi connectivity index (χ1n) is 20.6. The molecule has 0 atom stereocenters. The van der Waals surface area contributed by atoms with Crippen LogP contribution < -0.4 is 0 Å². The van der Waals surface area contributed by atoms with Crippen molar-refractivity contribution in [2.45, 2.75) is 0 Å². The smallest absolute Gasteiger partial charge is 0.167 e. The second-order valence-electron chi connectivity index (χ2n) is 15.5. The highest BCUT2D eigenvalue weighted by Gasteiger charge is 2.21. The molecule has 0 aliphatic rings. The quantitative estimate of drug-likeness (QED) is 0.169. The summed E-state index contributed by atoms with van der Waals surface area (Å²) >= 11 is 0.